The summed E-state index contributed by atoms with van der Waals surface area (Å²) < 4.78 is 14.3. The molecule has 0 saturated heterocycles. The first-order valence-corrected chi connectivity index (χ1v) is 7.11. The molecule has 1 aromatic rings. The van der Waals surface area contributed by atoms with Gasteiger partial charge in [-0.2, -0.15) is 0 Å². The number of nitrogens with one attached hydrogen (secondary N) is 1. The molecule has 0 heterocycles. The molecule has 0 amide bonds. The van der Waals surface area contributed by atoms with Gasteiger partial charge in [0.25, 0.3) is 0 Å². The molecule has 0 saturated carbocycles. The van der Waals surface area contributed by atoms with E-state index in [9.17, 15) is 9.50 Å². The predicted octanol–water partition coefficient (Wildman–Crippen LogP) is 3.48. The molecule has 0 unspecified atom stereocenters. The molecule has 4 heteroatoms. The van der Waals surface area contributed by atoms with Crippen LogP contribution < -0.4 is 5.32 Å². The minimum Gasteiger partial charge on any atom is -0.396 e. The highest BCUT2D eigenvalue weighted by Crippen LogP contribution is 2.24. The zero-order valence-electron chi connectivity index (χ0n) is 11.0. The van der Waals surface area contributed by atoms with Crippen LogP contribution >= 0.6 is 15.9 Å². The van der Waals surface area contributed by atoms with Crippen LogP contribution in [0.3, 0.4) is 0 Å². The molecule has 1 aromatic carbocycles. The summed E-state index contributed by atoms with van der Waals surface area (Å²) >= 11 is 3.24. The highest BCUT2D eigenvalue weighted by atomic mass is 79.9. The van der Waals surface area contributed by atoms with Crippen LogP contribution in [0, 0.1) is 11.2 Å². The Morgan fingerprint density at radius 3 is 2.50 bits per heavy atom. The van der Waals surface area contributed by atoms with E-state index in [-0.39, 0.29) is 17.8 Å². The molecule has 0 aliphatic heterocycles. The van der Waals surface area contributed by atoms with Gasteiger partial charge in [-0.05, 0) is 25.0 Å². The largest absolute Gasteiger partial charge is 0.396 e. The Kier molecular flexibility index (Phi) is 6.26. The number of rotatable bonds is 7. The lowest BCUT2D eigenvalue weighted by atomic mass is 9.83. The predicted molar refractivity (Wildman–Crippen MR) is 75.9 cm³/mol. The molecule has 2 N–H and O–H groups in total. The van der Waals surface area contributed by atoms with E-state index < -0.39 is 0 Å². The van der Waals surface area contributed by atoms with Gasteiger partial charge in [0.1, 0.15) is 5.82 Å². The van der Waals surface area contributed by atoms with Gasteiger partial charge in [0.15, 0.2) is 0 Å². The van der Waals surface area contributed by atoms with Crippen LogP contribution in [-0.2, 0) is 6.54 Å². The molecular formula is C14H21BrFNO. The lowest BCUT2D eigenvalue weighted by Crippen LogP contribution is -2.36. The first-order chi connectivity index (χ1) is 8.56. The lowest BCUT2D eigenvalue weighted by molar-refractivity contribution is 0.113. The number of hydrogen-bond acceptors (Lipinski definition) is 2. The average molecular weight is 318 g/mol. The molecule has 0 spiro atoms. The number of hydrogen-bond donors (Lipinski definition) is 2. The van der Waals surface area contributed by atoms with E-state index in [4.69, 9.17) is 0 Å². The Balaban J connectivity index is 2.55. The summed E-state index contributed by atoms with van der Waals surface area (Å²) in [5.41, 5.74) is 0.559. The number of benzene rings is 1. The monoisotopic (exact) mass is 317 g/mol. The van der Waals surface area contributed by atoms with Gasteiger partial charge in [0.2, 0.25) is 0 Å². The molecule has 0 aliphatic carbocycles. The van der Waals surface area contributed by atoms with Crippen LogP contribution in [0.15, 0.2) is 22.7 Å². The smallest absolute Gasteiger partial charge is 0.128 e. The van der Waals surface area contributed by atoms with E-state index in [1.165, 1.54) is 6.07 Å². The normalized spacial score (nSPS) is 11.8. The molecule has 0 fully saturated rings. The van der Waals surface area contributed by atoms with Gasteiger partial charge >= 0.3 is 0 Å². The van der Waals surface area contributed by atoms with Crippen LogP contribution in [0.5, 0.6) is 0 Å². The van der Waals surface area contributed by atoms with Gasteiger partial charge in [0.05, 0.1) is 0 Å². The van der Waals surface area contributed by atoms with Crippen LogP contribution in [0.25, 0.3) is 0 Å². The minimum absolute atomic E-state index is 0.0914. The van der Waals surface area contributed by atoms with E-state index in [1.54, 1.807) is 6.07 Å². The SMILES string of the molecule is CCC(CC)(CO)CNCc1ccc(Br)cc1F. The molecule has 0 aliphatic rings. The first kappa shape index (κ1) is 15.6. The number of aliphatic hydroxyl groups is 1. The molecule has 0 aromatic heterocycles. The van der Waals surface area contributed by atoms with E-state index in [2.05, 4.69) is 35.1 Å². The summed E-state index contributed by atoms with van der Waals surface area (Å²) in [6.45, 7) is 5.49. The summed E-state index contributed by atoms with van der Waals surface area (Å²) in [7, 11) is 0. The summed E-state index contributed by atoms with van der Waals surface area (Å²) in [6.07, 6.45) is 1.83. The summed E-state index contributed by atoms with van der Waals surface area (Å²) in [5, 5.41) is 12.7. The third kappa shape index (κ3) is 4.04. The Hall–Kier alpha value is -0.450. The van der Waals surface area contributed by atoms with Crippen LogP contribution in [0.4, 0.5) is 4.39 Å². The van der Waals surface area contributed by atoms with Crippen molar-refractivity contribution in [3.63, 3.8) is 0 Å². The number of aliphatic hydroxyl groups excluding tert-OH is 1. The van der Waals surface area contributed by atoms with Crippen molar-refractivity contribution in [1.29, 1.82) is 0 Å². The van der Waals surface area contributed by atoms with E-state index in [1.807, 2.05) is 6.07 Å². The van der Waals surface area contributed by atoms with Crippen molar-refractivity contribution < 1.29 is 9.50 Å². The topological polar surface area (TPSA) is 32.3 Å². The standard InChI is InChI=1S/C14H21BrFNO/c1-3-14(4-2,10-18)9-17-8-11-5-6-12(15)7-13(11)16/h5-7,17-18H,3-4,8-10H2,1-2H3. The van der Waals surface area contributed by atoms with Crippen LogP contribution in [0.1, 0.15) is 32.3 Å². The first-order valence-electron chi connectivity index (χ1n) is 6.32. The summed E-state index contributed by atoms with van der Waals surface area (Å²) in [4.78, 5) is 0. The van der Waals surface area contributed by atoms with Gasteiger partial charge in [-0.25, -0.2) is 4.39 Å². The second kappa shape index (κ2) is 7.22. The molecule has 2 nitrogen and oxygen atoms in total. The Morgan fingerprint density at radius 2 is 2.00 bits per heavy atom. The molecule has 1 rings (SSSR count). The molecule has 0 bridgehead atoms. The maximum Gasteiger partial charge on any atom is 0.128 e. The van der Waals surface area contributed by atoms with E-state index >= 15 is 0 Å². The zero-order valence-corrected chi connectivity index (χ0v) is 12.6. The van der Waals surface area contributed by atoms with Crippen molar-refractivity contribution in [2.75, 3.05) is 13.2 Å². The third-order valence-corrected chi connectivity index (χ3v) is 4.16. The molecule has 0 radical (unpaired) electrons. The Labute approximate surface area is 117 Å². The molecule has 102 valence electrons. The maximum absolute atomic E-state index is 13.6. The maximum atomic E-state index is 13.6. The highest BCUT2D eigenvalue weighted by molar-refractivity contribution is 9.10. The van der Waals surface area contributed by atoms with Gasteiger partial charge in [-0.15, -0.1) is 0 Å². The summed E-state index contributed by atoms with van der Waals surface area (Å²) in [6, 6.07) is 5.07. The fourth-order valence-electron chi connectivity index (χ4n) is 1.91. The second-order valence-corrected chi connectivity index (χ2v) is 5.62. The van der Waals surface area contributed by atoms with E-state index in [0.717, 1.165) is 17.3 Å². The van der Waals surface area contributed by atoms with Gasteiger partial charge in [-0.3, -0.25) is 0 Å². The fourth-order valence-corrected chi connectivity index (χ4v) is 2.24. The number of halogens is 2. The van der Waals surface area contributed by atoms with Crippen LogP contribution in [0.2, 0.25) is 0 Å². The highest BCUT2D eigenvalue weighted by Gasteiger charge is 2.24. The van der Waals surface area contributed by atoms with Gasteiger partial charge in [0, 0.05) is 35.1 Å². The van der Waals surface area contributed by atoms with Crippen molar-refractivity contribution in [2.45, 2.75) is 33.2 Å². The minimum atomic E-state index is -0.209. The van der Waals surface area contributed by atoms with Crippen molar-refractivity contribution in [3.8, 4) is 0 Å². The van der Waals surface area contributed by atoms with Crippen molar-refractivity contribution in [3.05, 3.63) is 34.1 Å². The average Bonchev–Trinajstić information content (AvgIpc) is 2.38. The summed E-state index contributed by atoms with van der Waals surface area (Å²) in [5.74, 6) is -0.209. The Morgan fingerprint density at radius 1 is 1.33 bits per heavy atom. The lowest BCUT2D eigenvalue weighted by Gasteiger charge is -2.29. The second-order valence-electron chi connectivity index (χ2n) is 4.70. The zero-order chi connectivity index (χ0) is 13.6. The molecule has 0 atom stereocenters. The van der Waals surface area contributed by atoms with Gasteiger partial charge in [-0.1, -0.05) is 35.8 Å². The van der Waals surface area contributed by atoms with Crippen LogP contribution in [-0.4, -0.2) is 18.3 Å². The van der Waals surface area contributed by atoms with Gasteiger partial charge < -0.3 is 10.4 Å². The molecular weight excluding hydrogens is 297 g/mol. The van der Waals surface area contributed by atoms with Crippen molar-refractivity contribution >= 4 is 15.9 Å². The van der Waals surface area contributed by atoms with Crippen molar-refractivity contribution in [1.82, 2.24) is 5.32 Å². The molecule has 18 heavy (non-hydrogen) atoms. The Bertz CT molecular complexity index is 372. The fraction of sp³-hybridized carbons (Fsp3) is 0.571. The van der Waals surface area contributed by atoms with E-state index in [0.29, 0.717) is 18.7 Å². The van der Waals surface area contributed by atoms with Crippen molar-refractivity contribution in [2.24, 2.45) is 5.41 Å². The quantitative estimate of drug-likeness (QED) is 0.807. The third-order valence-electron chi connectivity index (χ3n) is 3.67.